The number of primary amides is 1. The fourth-order valence-electron chi connectivity index (χ4n) is 2.93. The summed E-state index contributed by atoms with van der Waals surface area (Å²) in [5.41, 5.74) is 8.43. The van der Waals surface area contributed by atoms with Gasteiger partial charge in [-0.25, -0.2) is 4.98 Å². The maximum absolute atomic E-state index is 12.3. The molecule has 1 aromatic carbocycles. The number of hydrogen-bond acceptors (Lipinski definition) is 5. The first kappa shape index (κ1) is 26.6. The first-order valence-electron chi connectivity index (χ1n) is 11.1. The molecule has 0 saturated carbocycles. The molecule has 2 rings (SSSR count). The van der Waals surface area contributed by atoms with Gasteiger partial charge in [0.1, 0.15) is 6.04 Å². The van der Waals surface area contributed by atoms with Gasteiger partial charge in [-0.1, -0.05) is 60.6 Å². The predicted octanol–water partition coefficient (Wildman–Crippen LogP) is 5.16. The van der Waals surface area contributed by atoms with Gasteiger partial charge in [0.15, 0.2) is 5.13 Å². The second-order valence-electron chi connectivity index (χ2n) is 8.29. The minimum absolute atomic E-state index is 0.0169. The lowest BCUT2D eigenvalue weighted by Gasteiger charge is -2.19. The molecule has 0 fully saturated rings. The van der Waals surface area contributed by atoms with Crippen LogP contribution in [0.2, 0.25) is 0 Å². The second kappa shape index (κ2) is 12.4. The molecule has 0 radical (unpaired) electrons. The Bertz CT molecular complexity index is 821. The number of carbonyl (C=O) groups excluding carboxylic acids is 2. The van der Waals surface area contributed by atoms with Crippen LogP contribution in [0.4, 0.5) is 10.8 Å². The van der Waals surface area contributed by atoms with Gasteiger partial charge in [-0.2, -0.15) is 0 Å². The van der Waals surface area contributed by atoms with Crippen LogP contribution in [0.15, 0.2) is 29.6 Å². The first-order valence-corrected chi connectivity index (χ1v) is 11.9. The lowest BCUT2D eigenvalue weighted by molar-refractivity contribution is -0.130. The highest BCUT2D eigenvalue weighted by Crippen LogP contribution is 2.28. The van der Waals surface area contributed by atoms with Gasteiger partial charge in [0.05, 0.1) is 5.69 Å². The van der Waals surface area contributed by atoms with Crippen LogP contribution >= 0.6 is 11.3 Å². The van der Waals surface area contributed by atoms with Crippen molar-refractivity contribution in [1.29, 1.82) is 0 Å². The van der Waals surface area contributed by atoms with E-state index in [4.69, 9.17) is 5.73 Å². The summed E-state index contributed by atoms with van der Waals surface area (Å²) in [5, 5.41) is 9.02. The van der Waals surface area contributed by atoms with Gasteiger partial charge in [0, 0.05) is 28.8 Å². The largest absolute Gasteiger partial charge is 0.368 e. The third kappa shape index (κ3) is 8.32. The minimum atomic E-state index is -0.713. The summed E-state index contributed by atoms with van der Waals surface area (Å²) in [6.07, 6.45) is 1.84. The van der Waals surface area contributed by atoms with E-state index in [1.807, 2.05) is 52.0 Å². The number of thiazole rings is 1. The number of benzene rings is 1. The lowest BCUT2D eigenvalue weighted by Crippen LogP contribution is -2.47. The van der Waals surface area contributed by atoms with Crippen LogP contribution in [0, 0.1) is 5.92 Å². The van der Waals surface area contributed by atoms with E-state index in [0.29, 0.717) is 6.42 Å². The van der Waals surface area contributed by atoms with Gasteiger partial charge < -0.3 is 16.4 Å². The predicted molar refractivity (Wildman–Crippen MR) is 131 cm³/mol. The third-order valence-electron chi connectivity index (χ3n) is 4.93. The Labute approximate surface area is 191 Å². The summed E-state index contributed by atoms with van der Waals surface area (Å²) < 4.78 is 0. The maximum atomic E-state index is 12.3. The Kier molecular flexibility index (Phi) is 10.7. The second-order valence-corrected chi connectivity index (χ2v) is 9.15. The SMILES string of the molecule is CC.CCC(CC)C(=O)NC(Cc1ccc(Nc2nc(C(C)(C)C)cs2)cc1)C(N)=O. The number of carbonyl (C=O) groups is 2. The zero-order chi connectivity index (χ0) is 23.6. The Morgan fingerprint density at radius 1 is 1.10 bits per heavy atom. The Morgan fingerprint density at radius 3 is 2.13 bits per heavy atom. The van der Waals surface area contributed by atoms with E-state index >= 15 is 0 Å². The zero-order valence-corrected chi connectivity index (χ0v) is 20.7. The van der Waals surface area contributed by atoms with Gasteiger partial charge >= 0.3 is 0 Å². The highest BCUT2D eigenvalue weighted by Gasteiger charge is 2.22. The molecule has 0 spiro atoms. The van der Waals surface area contributed by atoms with Crippen molar-refractivity contribution < 1.29 is 9.59 Å². The Morgan fingerprint density at radius 2 is 1.68 bits per heavy atom. The van der Waals surface area contributed by atoms with Crippen molar-refractivity contribution in [3.05, 3.63) is 40.9 Å². The van der Waals surface area contributed by atoms with Crippen LogP contribution in [0.1, 0.15) is 72.6 Å². The Balaban J connectivity index is 0.00000233. The third-order valence-corrected chi connectivity index (χ3v) is 5.69. The van der Waals surface area contributed by atoms with E-state index in [-0.39, 0.29) is 17.2 Å². The van der Waals surface area contributed by atoms with Crippen LogP contribution in [-0.2, 0) is 21.4 Å². The molecule has 1 atom stereocenters. The number of anilines is 2. The molecule has 31 heavy (non-hydrogen) atoms. The number of rotatable bonds is 9. The number of amides is 2. The summed E-state index contributed by atoms with van der Waals surface area (Å²) in [4.78, 5) is 28.8. The topological polar surface area (TPSA) is 97.1 Å². The zero-order valence-electron chi connectivity index (χ0n) is 19.9. The summed E-state index contributed by atoms with van der Waals surface area (Å²) in [5.74, 6) is -0.737. The van der Waals surface area contributed by atoms with Crippen LogP contribution < -0.4 is 16.4 Å². The van der Waals surface area contributed by atoms with Gasteiger partial charge in [-0.3, -0.25) is 9.59 Å². The molecule has 2 amide bonds. The highest BCUT2D eigenvalue weighted by molar-refractivity contribution is 7.13. The van der Waals surface area contributed by atoms with Gasteiger partial charge in [0.25, 0.3) is 0 Å². The molecule has 1 aromatic heterocycles. The van der Waals surface area contributed by atoms with Crippen molar-refractivity contribution in [2.24, 2.45) is 11.7 Å². The van der Waals surface area contributed by atoms with E-state index in [1.165, 1.54) is 0 Å². The number of nitrogens with two attached hydrogens (primary N) is 1. The molecule has 6 nitrogen and oxygen atoms in total. The van der Waals surface area contributed by atoms with E-state index in [9.17, 15) is 9.59 Å². The summed E-state index contributed by atoms with van der Waals surface area (Å²) in [6, 6.07) is 7.03. The summed E-state index contributed by atoms with van der Waals surface area (Å²) in [7, 11) is 0. The van der Waals surface area contributed by atoms with Crippen molar-refractivity contribution in [3.63, 3.8) is 0 Å². The lowest BCUT2D eigenvalue weighted by atomic mass is 9.93. The molecule has 1 heterocycles. The normalized spacial score (nSPS) is 12.0. The molecule has 2 aromatic rings. The molecule has 172 valence electrons. The van der Waals surface area contributed by atoms with E-state index in [0.717, 1.165) is 34.9 Å². The molecule has 0 aliphatic carbocycles. The molecular weight excluding hydrogens is 408 g/mol. The van der Waals surface area contributed by atoms with Crippen LogP contribution in [0.5, 0.6) is 0 Å². The van der Waals surface area contributed by atoms with E-state index in [1.54, 1.807) is 11.3 Å². The van der Waals surface area contributed by atoms with E-state index < -0.39 is 11.9 Å². The first-order chi connectivity index (χ1) is 14.6. The van der Waals surface area contributed by atoms with Crippen molar-refractivity contribution >= 4 is 34.0 Å². The Hall–Kier alpha value is -2.41. The molecule has 4 N–H and O–H groups in total. The fourth-order valence-corrected chi connectivity index (χ4v) is 3.89. The van der Waals surface area contributed by atoms with Crippen molar-refractivity contribution in [2.45, 2.75) is 79.2 Å². The quantitative estimate of drug-likeness (QED) is 0.496. The molecular formula is C24H38N4O2S. The standard InChI is InChI=1S/C22H32N4O2S.C2H6/c1-6-15(7-2)20(28)25-17(19(23)27)12-14-8-10-16(11-9-14)24-21-26-18(13-29-21)22(3,4)5;1-2/h8-11,13,15,17H,6-7,12H2,1-5H3,(H2,23,27)(H,24,26)(H,25,28);1-2H3. The summed E-state index contributed by atoms with van der Waals surface area (Å²) in [6.45, 7) is 14.3. The van der Waals surface area contributed by atoms with E-state index in [2.05, 4.69) is 41.8 Å². The molecule has 0 saturated heterocycles. The van der Waals surface area contributed by atoms with Crippen molar-refractivity contribution in [3.8, 4) is 0 Å². The molecule has 7 heteroatoms. The number of nitrogens with one attached hydrogen (secondary N) is 2. The van der Waals surface area contributed by atoms with Crippen LogP contribution in [0.3, 0.4) is 0 Å². The van der Waals surface area contributed by atoms with Gasteiger partial charge in [0.2, 0.25) is 11.8 Å². The molecule has 0 bridgehead atoms. The number of aromatic nitrogens is 1. The van der Waals surface area contributed by atoms with Gasteiger partial charge in [-0.15, -0.1) is 11.3 Å². The van der Waals surface area contributed by atoms with Gasteiger partial charge in [-0.05, 0) is 30.5 Å². The smallest absolute Gasteiger partial charge is 0.240 e. The monoisotopic (exact) mass is 446 g/mol. The number of nitrogens with zero attached hydrogens (tertiary/aromatic N) is 1. The maximum Gasteiger partial charge on any atom is 0.240 e. The van der Waals surface area contributed by atoms with Crippen LogP contribution in [-0.4, -0.2) is 22.8 Å². The summed E-state index contributed by atoms with van der Waals surface area (Å²) >= 11 is 1.57. The molecule has 0 aliphatic rings. The average Bonchev–Trinajstić information content (AvgIpc) is 3.20. The highest BCUT2D eigenvalue weighted by atomic mass is 32.1. The fraction of sp³-hybridized carbons (Fsp3) is 0.542. The van der Waals surface area contributed by atoms with Crippen molar-refractivity contribution in [1.82, 2.24) is 10.3 Å². The molecule has 1 unspecified atom stereocenters. The number of hydrogen-bond donors (Lipinski definition) is 3. The average molecular weight is 447 g/mol. The minimum Gasteiger partial charge on any atom is -0.368 e. The molecule has 0 aliphatic heterocycles. The van der Waals surface area contributed by atoms with Crippen molar-refractivity contribution in [2.75, 3.05) is 5.32 Å². The van der Waals surface area contributed by atoms with Crippen LogP contribution in [0.25, 0.3) is 0 Å².